The number of halogens is 2. The van der Waals surface area contributed by atoms with Crippen LogP contribution in [0, 0.1) is 11.6 Å². The summed E-state index contributed by atoms with van der Waals surface area (Å²) in [6.07, 6.45) is -1.18. The van der Waals surface area contributed by atoms with Gasteiger partial charge in [0.15, 0.2) is 6.04 Å². The van der Waals surface area contributed by atoms with Crippen LogP contribution in [-0.2, 0) is 9.59 Å². The van der Waals surface area contributed by atoms with Crippen molar-refractivity contribution < 1.29 is 28.6 Å². The van der Waals surface area contributed by atoms with Crippen molar-refractivity contribution in [2.45, 2.75) is 18.6 Å². The number of carbonyl (C=O) groups excluding carboxylic acids is 1. The number of hydrogen-bond donors (Lipinski definition) is 2. The molecule has 1 aliphatic heterocycles. The molecule has 0 aliphatic carbocycles. The van der Waals surface area contributed by atoms with Crippen LogP contribution in [0.2, 0.25) is 0 Å². The molecule has 5 nitrogen and oxygen atoms in total. The number of aliphatic hydroxyl groups is 1. The lowest BCUT2D eigenvalue weighted by Crippen LogP contribution is -2.36. The Labute approximate surface area is 107 Å². The first-order valence-corrected chi connectivity index (χ1v) is 5.55. The van der Waals surface area contributed by atoms with Crippen LogP contribution >= 0.6 is 0 Å². The van der Waals surface area contributed by atoms with Gasteiger partial charge in [-0.3, -0.25) is 4.79 Å². The first-order valence-electron chi connectivity index (χ1n) is 5.55. The summed E-state index contributed by atoms with van der Waals surface area (Å²) in [6, 6.07) is 0.903. The number of amides is 1. The van der Waals surface area contributed by atoms with E-state index in [1.54, 1.807) is 0 Å². The molecule has 0 radical (unpaired) electrons. The van der Waals surface area contributed by atoms with E-state index in [1.165, 1.54) is 0 Å². The molecule has 1 aromatic carbocycles. The molecule has 1 saturated heterocycles. The fourth-order valence-corrected chi connectivity index (χ4v) is 2.12. The van der Waals surface area contributed by atoms with E-state index in [2.05, 4.69) is 0 Å². The first kappa shape index (κ1) is 13.4. The molecule has 2 atom stereocenters. The zero-order chi connectivity index (χ0) is 14.2. The Bertz CT molecular complexity index is 534. The highest BCUT2D eigenvalue weighted by molar-refractivity contribution is 5.86. The number of rotatable bonds is 3. The number of likely N-dealkylation sites (tertiary alicyclic amines) is 1. The maximum absolute atomic E-state index is 13.6. The SMILES string of the molecule is O=C(O)C(c1ccc(F)cc1F)N1CC(O)CC1=O. The summed E-state index contributed by atoms with van der Waals surface area (Å²) in [5.41, 5.74) is -0.309. The van der Waals surface area contributed by atoms with E-state index in [-0.39, 0.29) is 18.5 Å². The van der Waals surface area contributed by atoms with Gasteiger partial charge in [0.1, 0.15) is 11.6 Å². The Balaban J connectivity index is 2.41. The van der Waals surface area contributed by atoms with Gasteiger partial charge in [-0.25, -0.2) is 13.6 Å². The lowest BCUT2D eigenvalue weighted by molar-refractivity contribution is -0.148. The molecule has 1 amide bonds. The summed E-state index contributed by atoms with van der Waals surface area (Å²) < 4.78 is 26.5. The van der Waals surface area contributed by atoms with Crippen LogP contribution < -0.4 is 0 Å². The number of hydrogen-bond acceptors (Lipinski definition) is 3. The molecular formula is C12H11F2NO4. The third-order valence-electron chi connectivity index (χ3n) is 2.94. The van der Waals surface area contributed by atoms with Gasteiger partial charge in [-0.2, -0.15) is 0 Å². The molecule has 0 aromatic heterocycles. The van der Waals surface area contributed by atoms with Gasteiger partial charge >= 0.3 is 5.97 Å². The number of benzene rings is 1. The van der Waals surface area contributed by atoms with Gasteiger partial charge in [-0.05, 0) is 6.07 Å². The van der Waals surface area contributed by atoms with Gasteiger partial charge in [0.05, 0.1) is 12.5 Å². The fraction of sp³-hybridized carbons (Fsp3) is 0.333. The van der Waals surface area contributed by atoms with Crippen LogP contribution in [0.15, 0.2) is 18.2 Å². The van der Waals surface area contributed by atoms with Crippen molar-refractivity contribution in [2.75, 3.05) is 6.54 Å². The standard InChI is InChI=1S/C12H11F2NO4/c13-6-1-2-8(9(14)3-6)11(12(18)19)15-5-7(16)4-10(15)17/h1-3,7,11,16H,4-5H2,(H,18,19). The van der Waals surface area contributed by atoms with Crippen LogP contribution in [0.5, 0.6) is 0 Å². The molecule has 19 heavy (non-hydrogen) atoms. The summed E-state index contributed by atoms with van der Waals surface area (Å²) in [7, 11) is 0. The molecule has 2 unspecified atom stereocenters. The van der Waals surface area contributed by atoms with Crippen LogP contribution in [0.1, 0.15) is 18.0 Å². The minimum absolute atomic E-state index is 0.188. The third-order valence-corrected chi connectivity index (χ3v) is 2.94. The number of β-amino-alcohol motifs (C(OH)–C–C–N with tert-alkyl or cyclic N) is 1. The summed E-state index contributed by atoms with van der Waals surface area (Å²) in [6.45, 7) is -0.188. The molecule has 1 fully saturated rings. The average Bonchev–Trinajstić information content (AvgIpc) is 2.61. The molecule has 0 spiro atoms. The monoisotopic (exact) mass is 271 g/mol. The Morgan fingerprint density at radius 1 is 1.42 bits per heavy atom. The van der Waals surface area contributed by atoms with Gasteiger partial charge < -0.3 is 15.1 Å². The van der Waals surface area contributed by atoms with E-state index < -0.39 is 35.7 Å². The second-order valence-corrected chi connectivity index (χ2v) is 4.31. The molecule has 1 heterocycles. The van der Waals surface area contributed by atoms with Gasteiger partial charge in [0.2, 0.25) is 5.91 Å². The van der Waals surface area contributed by atoms with Crippen LogP contribution in [-0.4, -0.2) is 39.6 Å². The van der Waals surface area contributed by atoms with Crippen molar-refractivity contribution in [2.24, 2.45) is 0 Å². The zero-order valence-electron chi connectivity index (χ0n) is 9.72. The number of carboxylic acid groups (broad SMARTS) is 1. The molecule has 7 heteroatoms. The summed E-state index contributed by atoms with van der Waals surface area (Å²) in [5, 5.41) is 18.5. The number of aliphatic hydroxyl groups excluding tert-OH is 1. The highest BCUT2D eigenvalue weighted by Crippen LogP contribution is 2.28. The lowest BCUT2D eigenvalue weighted by atomic mass is 10.0. The van der Waals surface area contributed by atoms with Gasteiger partial charge in [0, 0.05) is 18.2 Å². The molecular weight excluding hydrogens is 260 g/mol. The topological polar surface area (TPSA) is 77.8 Å². The maximum atomic E-state index is 13.6. The van der Waals surface area contributed by atoms with E-state index in [4.69, 9.17) is 5.11 Å². The largest absolute Gasteiger partial charge is 0.479 e. The maximum Gasteiger partial charge on any atom is 0.331 e. The fourth-order valence-electron chi connectivity index (χ4n) is 2.12. The molecule has 2 rings (SSSR count). The van der Waals surface area contributed by atoms with Gasteiger partial charge in [0.25, 0.3) is 0 Å². The van der Waals surface area contributed by atoms with E-state index in [1.807, 2.05) is 0 Å². The predicted molar refractivity (Wildman–Crippen MR) is 59.1 cm³/mol. The summed E-state index contributed by atoms with van der Waals surface area (Å²) in [4.78, 5) is 23.7. The number of nitrogens with zero attached hydrogens (tertiary/aromatic N) is 1. The van der Waals surface area contributed by atoms with Crippen molar-refractivity contribution in [3.8, 4) is 0 Å². The van der Waals surface area contributed by atoms with Gasteiger partial charge in [-0.15, -0.1) is 0 Å². The number of carboxylic acids is 1. The van der Waals surface area contributed by atoms with Crippen molar-refractivity contribution in [3.63, 3.8) is 0 Å². The molecule has 0 saturated carbocycles. The molecule has 2 N–H and O–H groups in total. The Kier molecular flexibility index (Phi) is 3.48. The summed E-state index contributed by atoms with van der Waals surface area (Å²) in [5.74, 6) is -3.89. The molecule has 0 bridgehead atoms. The summed E-state index contributed by atoms with van der Waals surface area (Å²) >= 11 is 0. The zero-order valence-corrected chi connectivity index (χ0v) is 9.72. The van der Waals surface area contributed by atoms with Crippen molar-refractivity contribution >= 4 is 11.9 Å². The highest BCUT2D eigenvalue weighted by atomic mass is 19.1. The Hall–Kier alpha value is -2.02. The smallest absolute Gasteiger partial charge is 0.331 e. The molecule has 1 aromatic rings. The van der Waals surface area contributed by atoms with Crippen LogP contribution in [0.3, 0.4) is 0 Å². The molecule has 1 aliphatic rings. The second-order valence-electron chi connectivity index (χ2n) is 4.31. The van der Waals surface area contributed by atoms with Crippen molar-refractivity contribution in [3.05, 3.63) is 35.4 Å². The van der Waals surface area contributed by atoms with E-state index in [0.29, 0.717) is 6.07 Å². The third kappa shape index (κ3) is 2.55. The average molecular weight is 271 g/mol. The first-order chi connectivity index (χ1) is 8.90. The number of aliphatic carboxylic acids is 1. The normalized spacial score (nSPS) is 20.7. The van der Waals surface area contributed by atoms with E-state index >= 15 is 0 Å². The minimum atomic E-state index is -1.56. The quantitative estimate of drug-likeness (QED) is 0.847. The van der Waals surface area contributed by atoms with E-state index in [0.717, 1.165) is 17.0 Å². The minimum Gasteiger partial charge on any atom is -0.479 e. The number of carbonyl (C=O) groups is 2. The van der Waals surface area contributed by atoms with E-state index in [9.17, 15) is 23.5 Å². The second kappa shape index (κ2) is 4.93. The van der Waals surface area contributed by atoms with Gasteiger partial charge in [-0.1, -0.05) is 6.07 Å². The van der Waals surface area contributed by atoms with Crippen molar-refractivity contribution in [1.29, 1.82) is 0 Å². The van der Waals surface area contributed by atoms with Crippen LogP contribution in [0.4, 0.5) is 8.78 Å². The molecule has 102 valence electrons. The van der Waals surface area contributed by atoms with Crippen LogP contribution in [0.25, 0.3) is 0 Å². The lowest BCUT2D eigenvalue weighted by Gasteiger charge is -2.24. The Morgan fingerprint density at radius 3 is 2.58 bits per heavy atom. The van der Waals surface area contributed by atoms with Crippen molar-refractivity contribution in [1.82, 2.24) is 4.90 Å². The Morgan fingerprint density at radius 2 is 2.11 bits per heavy atom. The predicted octanol–water partition coefficient (Wildman–Crippen LogP) is 0.684. The highest BCUT2D eigenvalue weighted by Gasteiger charge is 2.39.